The summed E-state index contributed by atoms with van der Waals surface area (Å²) < 4.78 is 23.2. The molecule has 1 unspecified atom stereocenters. The number of carbonyl (C=O) groups is 1. The van der Waals surface area contributed by atoms with Crippen molar-refractivity contribution in [3.63, 3.8) is 0 Å². The molecule has 1 aliphatic heterocycles. The molecule has 1 fully saturated rings. The highest BCUT2D eigenvalue weighted by molar-refractivity contribution is 7.91. The molecular weight excluding hydrogens is 322 g/mol. The molecule has 1 amide bonds. The largest absolute Gasteiger partial charge is 0.350 e. The monoisotopic (exact) mass is 343 g/mol. The van der Waals surface area contributed by atoms with Crippen molar-refractivity contribution in [1.29, 1.82) is 0 Å². The van der Waals surface area contributed by atoms with Crippen molar-refractivity contribution in [3.8, 4) is 11.1 Å². The van der Waals surface area contributed by atoms with Crippen LogP contribution in [0.4, 0.5) is 0 Å². The molecule has 24 heavy (non-hydrogen) atoms. The highest BCUT2D eigenvalue weighted by Gasteiger charge is 2.39. The van der Waals surface area contributed by atoms with E-state index in [0.29, 0.717) is 6.42 Å². The normalized spacial score (nSPS) is 22.2. The van der Waals surface area contributed by atoms with E-state index < -0.39 is 15.4 Å². The Bertz CT molecular complexity index is 829. The minimum Gasteiger partial charge on any atom is -0.350 e. The molecule has 0 saturated carbocycles. The molecule has 1 heterocycles. The molecule has 0 aliphatic carbocycles. The van der Waals surface area contributed by atoms with E-state index in [9.17, 15) is 13.2 Å². The van der Waals surface area contributed by atoms with Gasteiger partial charge in [-0.25, -0.2) is 8.42 Å². The average Bonchev–Trinajstić information content (AvgIpc) is 2.82. The van der Waals surface area contributed by atoms with E-state index in [1.807, 2.05) is 54.6 Å². The molecule has 0 radical (unpaired) electrons. The van der Waals surface area contributed by atoms with Gasteiger partial charge in [-0.1, -0.05) is 54.6 Å². The molecule has 1 N–H and O–H groups in total. The van der Waals surface area contributed by atoms with E-state index in [0.717, 1.165) is 16.7 Å². The van der Waals surface area contributed by atoms with Gasteiger partial charge in [-0.15, -0.1) is 0 Å². The summed E-state index contributed by atoms with van der Waals surface area (Å²) in [6, 6.07) is 17.9. The first-order valence-electron chi connectivity index (χ1n) is 8.01. The standard InChI is InChI=1S/C19H21NO3S/c1-19(11-12-24(22,23)14-19)20-18(21)13-15-7-9-17(10-8-15)16-5-3-2-4-6-16/h2-10H,11-14H2,1H3,(H,20,21). The van der Waals surface area contributed by atoms with Crippen LogP contribution in [-0.2, 0) is 21.1 Å². The molecule has 0 aromatic heterocycles. The Balaban J connectivity index is 1.63. The van der Waals surface area contributed by atoms with Gasteiger partial charge in [-0.2, -0.15) is 0 Å². The molecule has 1 aliphatic rings. The maximum atomic E-state index is 12.2. The summed E-state index contributed by atoms with van der Waals surface area (Å²) in [7, 11) is -3.02. The predicted octanol–water partition coefficient (Wildman–Crippen LogP) is 2.59. The van der Waals surface area contributed by atoms with Crippen LogP contribution in [0.3, 0.4) is 0 Å². The van der Waals surface area contributed by atoms with Gasteiger partial charge in [0.2, 0.25) is 5.91 Å². The van der Waals surface area contributed by atoms with E-state index in [-0.39, 0.29) is 23.8 Å². The molecule has 1 saturated heterocycles. The molecule has 0 bridgehead atoms. The topological polar surface area (TPSA) is 63.2 Å². The van der Waals surface area contributed by atoms with Crippen LogP contribution in [0, 0.1) is 0 Å². The lowest BCUT2D eigenvalue weighted by Crippen LogP contribution is -2.47. The lowest BCUT2D eigenvalue weighted by Gasteiger charge is -2.23. The molecule has 3 rings (SSSR count). The van der Waals surface area contributed by atoms with Crippen LogP contribution in [0.25, 0.3) is 11.1 Å². The van der Waals surface area contributed by atoms with Gasteiger partial charge in [0, 0.05) is 0 Å². The van der Waals surface area contributed by atoms with E-state index in [1.165, 1.54) is 0 Å². The molecule has 2 aromatic carbocycles. The highest BCUT2D eigenvalue weighted by atomic mass is 32.2. The van der Waals surface area contributed by atoms with Gasteiger partial charge < -0.3 is 5.32 Å². The number of nitrogens with one attached hydrogen (secondary N) is 1. The fraction of sp³-hybridized carbons (Fsp3) is 0.316. The molecule has 0 spiro atoms. The third-order valence-corrected chi connectivity index (χ3v) is 6.27. The molecule has 4 nitrogen and oxygen atoms in total. The maximum Gasteiger partial charge on any atom is 0.224 e. The lowest BCUT2D eigenvalue weighted by atomic mass is 10.0. The van der Waals surface area contributed by atoms with Gasteiger partial charge in [-0.3, -0.25) is 4.79 Å². The number of benzene rings is 2. The van der Waals surface area contributed by atoms with E-state index >= 15 is 0 Å². The highest BCUT2D eigenvalue weighted by Crippen LogP contribution is 2.23. The van der Waals surface area contributed by atoms with Crippen molar-refractivity contribution in [2.24, 2.45) is 0 Å². The maximum absolute atomic E-state index is 12.2. The molecule has 126 valence electrons. The summed E-state index contributed by atoms with van der Waals surface area (Å²) in [5, 5.41) is 2.89. The van der Waals surface area contributed by atoms with Crippen LogP contribution < -0.4 is 5.32 Å². The average molecular weight is 343 g/mol. The second-order valence-electron chi connectivity index (χ2n) is 6.69. The van der Waals surface area contributed by atoms with Gasteiger partial charge in [-0.05, 0) is 30.0 Å². The molecule has 1 atom stereocenters. The van der Waals surface area contributed by atoms with Gasteiger partial charge >= 0.3 is 0 Å². The summed E-state index contributed by atoms with van der Waals surface area (Å²) >= 11 is 0. The van der Waals surface area contributed by atoms with E-state index in [1.54, 1.807) is 6.92 Å². The summed E-state index contributed by atoms with van der Waals surface area (Å²) in [5.74, 6) is 0.0379. The fourth-order valence-corrected chi connectivity index (χ4v) is 5.21. The fourth-order valence-electron chi connectivity index (χ4n) is 3.12. The van der Waals surface area contributed by atoms with Gasteiger partial charge in [0.15, 0.2) is 9.84 Å². The Morgan fingerprint density at radius 3 is 2.25 bits per heavy atom. The first kappa shape index (κ1) is 16.7. The van der Waals surface area contributed by atoms with Gasteiger partial charge in [0.1, 0.15) is 0 Å². The minimum atomic E-state index is -3.02. The van der Waals surface area contributed by atoms with E-state index in [4.69, 9.17) is 0 Å². The zero-order valence-corrected chi connectivity index (χ0v) is 14.5. The Morgan fingerprint density at radius 2 is 1.67 bits per heavy atom. The number of hydrogen-bond acceptors (Lipinski definition) is 3. The van der Waals surface area contributed by atoms with Gasteiger partial charge in [0.05, 0.1) is 23.5 Å². The summed E-state index contributed by atoms with van der Waals surface area (Å²) in [6.45, 7) is 1.80. The van der Waals surface area contributed by atoms with Crippen LogP contribution >= 0.6 is 0 Å². The third kappa shape index (κ3) is 4.03. The number of hydrogen-bond donors (Lipinski definition) is 1. The number of sulfone groups is 1. The minimum absolute atomic E-state index is 0.0265. The summed E-state index contributed by atoms with van der Waals surface area (Å²) in [4.78, 5) is 12.2. The Labute approximate surface area is 142 Å². The molecule has 2 aromatic rings. The SMILES string of the molecule is CC1(NC(=O)Cc2ccc(-c3ccccc3)cc2)CCS(=O)(=O)C1. The van der Waals surface area contributed by atoms with Crippen LogP contribution in [0.2, 0.25) is 0 Å². The summed E-state index contributed by atoms with van der Waals surface area (Å²) in [6.07, 6.45) is 0.735. The smallest absolute Gasteiger partial charge is 0.224 e. The van der Waals surface area contributed by atoms with Crippen molar-refractivity contribution < 1.29 is 13.2 Å². The Morgan fingerprint density at radius 1 is 1.04 bits per heavy atom. The molecule has 5 heteroatoms. The van der Waals surface area contributed by atoms with Crippen molar-refractivity contribution in [2.45, 2.75) is 25.3 Å². The quantitative estimate of drug-likeness (QED) is 0.928. The van der Waals surface area contributed by atoms with Crippen molar-refractivity contribution in [3.05, 3.63) is 60.2 Å². The second-order valence-corrected chi connectivity index (χ2v) is 8.87. The van der Waals surface area contributed by atoms with Crippen molar-refractivity contribution >= 4 is 15.7 Å². The predicted molar refractivity (Wildman–Crippen MR) is 95.4 cm³/mol. The third-order valence-electron chi connectivity index (χ3n) is 4.37. The zero-order chi connectivity index (χ0) is 17.2. The van der Waals surface area contributed by atoms with Crippen LogP contribution in [0.1, 0.15) is 18.9 Å². The van der Waals surface area contributed by atoms with Crippen molar-refractivity contribution in [2.75, 3.05) is 11.5 Å². The van der Waals surface area contributed by atoms with Crippen LogP contribution in [-0.4, -0.2) is 31.4 Å². The Kier molecular flexibility index (Phi) is 4.45. The molecular formula is C19H21NO3S. The second kappa shape index (κ2) is 6.40. The lowest BCUT2D eigenvalue weighted by molar-refractivity contribution is -0.121. The first-order chi connectivity index (χ1) is 11.4. The van der Waals surface area contributed by atoms with Crippen LogP contribution in [0.15, 0.2) is 54.6 Å². The zero-order valence-electron chi connectivity index (χ0n) is 13.7. The number of carbonyl (C=O) groups excluding carboxylic acids is 1. The Hall–Kier alpha value is -2.14. The summed E-state index contributed by atoms with van der Waals surface area (Å²) in [5.41, 5.74) is 2.52. The number of rotatable bonds is 4. The first-order valence-corrected chi connectivity index (χ1v) is 9.83. The van der Waals surface area contributed by atoms with E-state index in [2.05, 4.69) is 5.32 Å². The van der Waals surface area contributed by atoms with Crippen LogP contribution in [0.5, 0.6) is 0 Å². The van der Waals surface area contributed by atoms with Crippen molar-refractivity contribution in [1.82, 2.24) is 5.32 Å². The van der Waals surface area contributed by atoms with Gasteiger partial charge in [0.25, 0.3) is 0 Å². The number of amides is 1.